The molecular weight excluding hydrogens is 1310 g/mol. The van der Waals surface area contributed by atoms with Crippen LogP contribution in [0.2, 0.25) is 0 Å². The molecule has 0 radical (unpaired) electrons. The van der Waals surface area contributed by atoms with Gasteiger partial charge in [0.05, 0.1) is 18.7 Å². The van der Waals surface area contributed by atoms with Gasteiger partial charge in [-0.05, 0) is 79.7 Å². The minimum absolute atomic E-state index is 0.0373. The van der Waals surface area contributed by atoms with E-state index in [1.54, 1.807) is 14.0 Å². The van der Waals surface area contributed by atoms with Crippen molar-refractivity contribution in [3.05, 3.63) is 0 Å². The largest absolute Gasteiger partial charge is 0.463 e. The summed E-state index contributed by atoms with van der Waals surface area (Å²) in [7, 11) is 2.99. The summed E-state index contributed by atoms with van der Waals surface area (Å²) in [4.78, 5) is 219. The van der Waals surface area contributed by atoms with Gasteiger partial charge in [-0.2, -0.15) is 0 Å². The summed E-state index contributed by atoms with van der Waals surface area (Å²) in [6, 6.07) is -12.9. The number of carbonyl (C=O) groups excluding carboxylic acids is 16. The summed E-state index contributed by atoms with van der Waals surface area (Å²) in [5, 5.41) is 23.3. The normalized spacial score (nSPS) is 26.8. The van der Waals surface area contributed by atoms with E-state index in [2.05, 4.69) is 47.9 Å². The highest BCUT2D eigenvalue weighted by Crippen LogP contribution is 2.35. The first-order chi connectivity index (χ1) is 46.6. The van der Waals surface area contributed by atoms with E-state index in [9.17, 15) is 71.9 Å². The van der Waals surface area contributed by atoms with Crippen molar-refractivity contribution in [1.29, 1.82) is 0 Å². The fraction of sp³-hybridized carbons (Fsp3) is 0.742. The highest BCUT2D eigenvalue weighted by Gasteiger charge is 2.57. The van der Waals surface area contributed by atoms with E-state index in [4.69, 9.17) is 42.6 Å². The van der Waals surface area contributed by atoms with Crippen LogP contribution in [-0.2, 0) is 119 Å². The molecule has 0 saturated carbocycles. The van der Waals surface area contributed by atoms with Crippen molar-refractivity contribution in [2.24, 2.45) is 0 Å². The number of likely N-dealkylation sites (tertiary alicyclic amines) is 3. The van der Waals surface area contributed by atoms with Gasteiger partial charge < -0.3 is 105 Å². The number of esters is 5. The van der Waals surface area contributed by atoms with Crippen molar-refractivity contribution in [1.82, 2.24) is 62.6 Å². The van der Waals surface area contributed by atoms with Crippen molar-refractivity contribution in [3.63, 3.8) is 0 Å². The van der Waals surface area contributed by atoms with Crippen LogP contribution in [0.15, 0.2) is 0 Å². The third-order valence-electron chi connectivity index (χ3n) is 17.0. The number of amides is 11. The second kappa shape index (κ2) is 37.5. The standard InChI is InChI=1S/C62H96N12O25/c1-15-39(70-45(82)25-65-55(85)40-19-16-22-72(40)58(88)29(3)63-13)54(84)71-46(57(87)67-30(4)59(89)74-24-18-21-42(74)60(90)73-23-17-20-41(73)56(86)66-28(2)53(83)64-14)31(5)93-61-48(69-33(7)76)52(50(95-37(11)80)44(97-61)27-92-35(9)78)99-62-47(68-32(6)75)51(96-38(12)81)49(94-36(10)79)43(98-62)26-91-34(8)77/h28-31,39-44,46-52,61-63H,15-27H2,1-14H3,(H,64,83)(H,65,85)(H,66,86)(H,67,87)(H,68,75)(H,69,76)(H,70,82)(H,71,84)/t28?,29?,30?,31?,39?,40?,41?,42?,43?,44?,46?,47-,48-,49+,50-,51?,52?,61-,62-/m0/s1. The molecule has 5 aliphatic rings. The Hall–Kier alpha value is -8.68. The zero-order valence-corrected chi connectivity index (χ0v) is 58.2. The van der Waals surface area contributed by atoms with Gasteiger partial charge in [-0.3, -0.25) is 76.7 Å². The topological polar surface area (TPSA) is 474 Å². The first-order valence-corrected chi connectivity index (χ1v) is 32.9. The molecule has 0 aromatic rings. The molecule has 5 aliphatic heterocycles. The number of rotatable bonds is 30. The van der Waals surface area contributed by atoms with Gasteiger partial charge in [0.1, 0.15) is 85.9 Å². The van der Waals surface area contributed by atoms with E-state index < -0.39 is 224 Å². The van der Waals surface area contributed by atoms with Crippen LogP contribution in [-0.4, -0.2) is 279 Å². The monoisotopic (exact) mass is 1410 g/mol. The maximum atomic E-state index is 15.1. The quantitative estimate of drug-likeness (QED) is 0.0240. The SMILES string of the molecule is CCC(NC(=O)CNC(=O)C1CCCN1C(=O)C(C)NC)C(=O)NC(C(=O)NC(C)C(=O)N1CCCC1C(=O)N1CCCC1C(=O)NC(C)C(=O)NC)C(C)O[C@H]1OC(COC(C)=O)[C@H](OC(C)=O)C(O[C@@H]2OC(COC(C)=O)[C@@H](OC(C)=O)C(OC(C)=O)[C@@H]2NC(C)=O)[C@@H]1NC(C)=O. The van der Waals surface area contributed by atoms with Gasteiger partial charge in [-0.25, -0.2) is 0 Å². The maximum Gasteiger partial charge on any atom is 0.303 e. The van der Waals surface area contributed by atoms with Gasteiger partial charge >= 0.3 is 29.8 Å². The minimum atomic E-state index is -1.98. The average molecular weight is 1410 g/mol. The first kappa shape index (κ1) is 81.0. The number of nitrogens with zero attached hydrogens (tertiary/aromatic N) is 3. The summed E-state index contributed by atoms with van der Waals surface area (Å²) in [6.07, 6.45) is -14.0. The number of hydrogen-bond donors (Lipinski definition) is 9. The van der Waals surface area contributed by atoms with Gasteiger partial charge in [0, 0.05) is 75.1 Å². The fourth-order valence-electron chi connectivity index (χ4n) is 12.3. The van der Waals surface area contributed by atoms with Gasteiger partial charge in [0.15, 0.2) is 30.9 Å². The highest BCUT2D eigenvalue weighted by molar-refractivity contribution is 5.98. The van der Waals surface area contributed by atoms with Crippen LogP contribution in [0.5, 0.6) is 0 Å². The third kappa shape index (κ3) is 22.4. The maximum absolute atomic E-state index is 15.1. The van der Waals surface area contributed by atoms with Crippen LogP contribution in [0.3, 0.4) is 0 Å². The molecule has 554 valence electrons. The molecule has 5 heterocycles. The van der Waals surface area contributed by atoms with E-state index in [0.29, 0.717) is 32.2 Å². The van der Waals surface area contributed by atoms with Crippen LogP contribution in [0.1, 0.15) is 128 Å². The van der Waals surface area contributed by atoms with Crippen LogP contribution >= 0.6 is 0 Å². The minimum Gasteiger partial charge on any atom is -0.463 e. The highest BCUT2D eigenvalue weighted by atomic mass is 16.7. The molecular formula is C62H96N12O25. The second-order valence-electron chi connectivity index (χ2n) is 24.7. The number of likely N-dealkylation sites (N-methyl/N-ethyl adjacent to an activating group) is 2. The van der Waals surface area contributed by atoms with Crippen LogP contribution < -0.4 is 47.9 Å². The van der Waals surface area contributed by atoms with Crippen molar-refractivity contribution in [2.45, 2.75) is 244 Å². The number of carbonyl (C=O) groups is 16. The van der Waals surface area contributed by atoms with Crippen molar-refractivity contribution in [3.8, 4) is 0 Å². The lowest BCUT2D eigenvalue weighted by molar-refractivity contribution is -0.334. The number of ether oxygens (including phenoxy) is 9. The summed E-state index contributed by atoms with van der Waals surface area (Å²) >= 11 is 0. The van der Waals surface area contributed by atoms with E-state index in [0.717, 1.165) is 48.5 Å². The summed E-state index contributed by atoms with van der Waals surface area (Å²) < 4.78 is 53.5. The van der Waals surface area contributed by atoms with Gasteiger partial charge in [0.25, 0.3) is 0 Å². The van der Waals surface area contributed by atoms with E-state index in [1.165, 1.54) is 49.4 Å². The molecule has 11 amide bonds. The predicted octanol–water partition coefficient (Wildman–Crippen LogP) is -5.01. The van der Waals surface area contributed by atoms with Gasteiger partial charge in [-0.15, -0.1) is 0 Å². The molecule has 37 nitrogen and oxygen atoms in total. The van der Waals surface area contributed by atoms with Crippen molar-refractivity contribution < 1.29 is 119 Å². The molecule has 0 aromatic heterocycles. The average Bonchev–Trinajstić information content (AvgIpc) is 1.48. The Balaban J connectivity index is 1.56. The molecule has 13 unspecified atom stereocenters. The zero-order chi connectivity index (χ0) is 73.9. The Morgan fingerprint density at radius 1 is 0.495 bits per heavy atom. The van der Waals surface area contributed by atoms with Crippen LogP contribution in [0.25, 0.3) is 0 Å². The van der Waals surface area contributed by atoms with Crippen molar-refractivity contribution >= 4 is 94.8 Å². The van der Waals surface area contributed by atoms with Crippen LogP contribution in [0.4, 0.5) is 0 Å². The van der Waals surface area contributed by atoms with Crippen LogP contribution in [0, 0.1) is 0 Å². The molecule has 19 atom stereocenters. The number of hydrogen-bond acceptors (Lipinski definition) is 26. The first-order valence-electron chi connectivity index (χ1n) is 32.9. The lowest BCUT2D eigenvalue weighted by Gasteiger charge is -2.50. The van der Waals surface area contributed by atoms with E-state index >= 15 is 4.79 Å². The Kier molecular flexibility index (Phi) is 30.7. The molecule has 99 heavy (non-hydrogen) atoms. The molecule has 5 rings (SSSR count). The molecule has 0 aliphatic carbocycles. The molecule has 5 fully saturated rings. The molecule has 37 heteroatoms. The summed E-state index contributed by atoms with van der Waals surface area (Å²) in [5.41, 5.74) is 0. The molecule has 0 bridgehead atoms. The third-order valence-corrected chi connectivity index (χ3v) is 17.0. The Labute approximate surface area is 572 Å². The number of nitrogens with one attached hydrogen (secondary N) is 9. The molecule has 9 N–H and O–H groups in total. The summed E-state index contributed by atoms with van der Waals surface area (Å²) in [6.45, 7) is 12.7. The second-order valence-corrected chi connectivity index (χ2v) is 24.7. The zero-order valence-electron chi connectivity index (χ0n) is 58.2. The van der Waals surface area contributed by atoms with E-state index in [-0.39, 0.29) is 38.3 Å². The lowest BCUT2D eigenvalue weighted by Crippen LogP contribution is -2.71. The molecule has 5 saturated heterocycles. The Bertz CT molecular complexity index is 2990. The molecule has 0 aromatic carbocycles. The summed E-state index contributed by atoms with van der Waals surface area (Å²) in [5.74, 6) is -12.7. The Morgan fingerprint density at radius 3 is 1.47 bits per heavy atom. The van der Waals surface area contributed by atoms with E-state index in [1.807, 2.05) is 0 Å². The predicted molar refractivity (Wildman–Crippen MR) is 337 cm³/mol. The Morgan fingerprint density at radius 2 is 0.970 bits per heavy atom. The van der Waals surface area contributed by atoms with Crippen molar-refractivity contribution in [2.75, 3.05) is 53.5 Å². The fourth-order valence-corrected chi connectivity index (χ4v) is 12.3. The van der Waals surface area contributed by atoms with Gasteiger partial charge in [-0.1, -0.05) is 6.92 Å². The van der Waals surface area contributed by atoms with Gasteiger partial charge in [0.2, 0.25) is 65.0 Å². The lowest BCUT2D eigenvalue weighted by atomic mass is 9.93. The molecule has 0 spiro atoms. The smallest absolute Gasteiger partial charge is 0.303 e.